The summed E-state index contributed by atoms with van der Waals surface area (Å²) in [5, 5.41) is 3.38. The lowest BCUT2D eigenvalue weighted by Gasteiger charge is -2.10. The molecule has 6 heteroatoms. The maximum absolute atomic E-state index is 6.01. The van der Waals surface area contributed by atoms with Gasteiger partial charge < -0.3 is 14.8 Å². The first-order chi connectivity index (χ1) is 9.63. The van der Waals surface area contributed by atoms with Crippen molar-refractivity contribution in [2.24, 2.45) is 0 Å². The van der Waals surface area contributed by atoms with Crippen LogP contribution in [0.2, 0.25) is 4.34 Å². The fourth-order valence-corrected chi connectivity index (χ4v) is 3.56. The Hall–Kier alpha value is -0.750. The van der Waals surface area contributed by atoms with Gasteiger partial charge in [0.1, 0.15) is 4.34 Å². The third kappa shape index (κ3) is 3.88. The van der Waals surface area contributed by atoms with E-state index in [9.17, 15) is 0 Å². The molecule has 0 aliphatic rings. The predicted octanol–water partition coefficient (Wildman–Crippen LogP) is 4.47. The summed E-state index contributed by atoms with van der Waals surface area (Å²) in [5.41, 5.74) is 1.14. The van der Waals surface area contributed by atoms with Crippen molar-refractivity contribution in [3.63, 3.8) is 0 Å². The number of halogens is 2. The number of methoxy groups -OCH3 is 2. The van der Waals surface area contributed by atoms with Crippen LogP contribution in [0.25, 0.3) is 0 Å². The highest BCUT2D eigenvalue weighted by molar-refractivity contribution is 9.10. The van der Waals surface area contributed by atoms with E-state index < -0.39 is 0 Å². The van der Waals surface area contributed by atoms with E-state index in [1.807, 2.05) is 24.3 Å². The van der Waals surface area contributed by atoms with Gasteiger partial charge in [-0.3, -0.25) is 0 Å². The van der Waals surface area contributed by atoms with Gasteiger partial charge in [-0.25, -0.2) is 0 Å². The molecule has 0 atom stereocenters. The van der Waals surface area contributed by atoms with Crippen LogP contribution >= 0.6 is 38.9 Å². The number of thiophene rings is 1. The van der Waals surface area contributed by atoms with Crippen LogP contribution < -0.4 is 14.8 Å². The maximum Gasteiger partial charge on any atom is 0.161 e. The first-order valence-electron chi connectivity index (χ1n) is 5.99. The van der Waals surface area contributed by atoms with Crippen LogP contribution in [0.5, 0.6) is 11.5 Å². The van der Waals surface area contributed by atoms with Gasteiger partial charge in [-0.2, -0.15) is 0 Å². The van der Waals surface area contributed by atoms with Crippen molar-refractivity contribution in [1.82, 2.24) is 5.32 Å². The van der Waals surface area contributed by atoms with E-state index in [2.05, 4.69) is 21.2 Å². The van der Waals surface area contributed by atoms with Crippen LogP contribution in [0.4, 0.5) is 0 Å². The van der Waals surface area contributed by atoms with Crippen molar-refractivity contribution in [3.8, 4) is 11.5 Å². The number of hydrogen-bond acceptors (Lipinski definition) is 4. The van der Waals surface area contributed by atoms with Crippen LogP contribution in [0.3, 0.4) is 0 Å². The van der Waals surface area contributed by atoms with E-state index in [4.69, 9.17) is 21.1 Å². The molecule has 1 N–H and O–H groups in total. The molecule has 0 fully saturated rings. The molecule has 20 heavy (non-hydrogen) atoms. The van der Waals surface area contributed by atoms with Crippen LogP contribution in [0.15, 0.2) is 28.7 Å². The van der Waals surface area contributed by atoms with Gasteiger partial charge in [0.05, 0.1) is 14.2 Å². The second-order valence-corrected chi connectivity index (χ2v) is 6.72. The Morgan fingerprint density at radius 3 is 2.50 bits per heavy atom. The molecule has 0 radical (unpaired) electrons. The molecule has 1 heterocycles. The van der Waals surface area contributed by atoms with Crippen molar-refractivity contribution in [2.75, 3.05) is 14.2 Å². The second kappa shape index (κ2) is 7.31. The monoisotopic (exact) mass is 375 g/mol. The molecule has 3 nitrogen and oxygen atoms in total. The Morgan fingerprint density at radius 1 is 1.15 bits per heavy atom. The summed E-state index contributed by atoms with van der Waals surface area (Å²) in [6.07, 6.45) is 0. The van der Waals surface area contributed by atoms with E-state index in [1.165, 1.54) is 4.88 Å². The predicted molar refractivity (Wildman–Crippen MR) is 87.1 cm³/mol. The van der Waals surface area contributed by atoms with E-state index >= 15 is 0 Å². The minimum Gasteiger partial charge on any atom is -0.493 e. The average Bonchev–Trinajstić information content (AvgIpc) is 2.77. The molecule has 0 bridgehead atoms. The van der Waals surface area contributed by atoms with Crippen LogP contribution in [-0.4, -0.2) is 14.2 Å². The quantitative estimate of drug-likeness (QED) is 0.807. The number of ether oxygens (including phenoxy) is 2. The average molecular weight is 377 g/mol. The van der Waals surface area contributed by atoms with Gasteiger partial charge in [-0.1, -0.05) is 17.7 Å². The van der Waals surface area contributed by atoms with Crippen LogP contribution in [0.1, 0.15) is 10.4 Å². The van der Waals surface area contributed by atoms with Gasteiger partial charge >= 0.3 is 0 Å². The summed E-state index contributed by atoms with van der Waals surface area (Å²) in [7, 11) is 3.27. The molecule has 0 saturated heterocycles. The smallest absolute Gasteiger partial charge is 0.161 e. The molecule has 0 aliphatic carbocycles. The standard InChI is InChI=1S/C14H15BrClNO2S/c1-18-12-4-3-9(5-13(12)19-2)7-17-8-10-6-11(15)14(16)20-10/h3-6,17H,7-8H2,1-2H3. The van der Waals surface area contributed by atoms with Gasteiger partial charge in [0, 0.05) is 22.4 Å². The highest BCUT2D eigenvalue weighted by Crippen LogP contribution is 2.32. The Bertz CT molecular complexity index is 569. The second-order valence-electron chi connectivity index (χ2n) is 4.13. The number of rotatable bonds is 6. The molecule has 108 valence electrons. The minimum absolute atomic E-state index is 0.741. The lowest BCUT2D eigenvalue weighted by Crippen LogP contribution is -2.11. The molecule has 1 aromatic carbocycles. The van der Waals surface area contributed by atoms with Crippen molar-refractivity contribution < 1.29 is 9.47 Å². The summed E-state index contributed by atoms with van der Waals surface area (Å²) >= 11 is 11.0. The first kappa shape index (κ1) is 15.6. The topological polar surface area (TPSA) is 30.5 Å². The van der Waals surface area contributed by atoms with E-state index in [-0.39, 0.29) is 0 Å². The molecule has 0 amide bonds. The highest BCUT2D eigenvalue weighted by Gasteiger charge is 2.06. The Balaban J connectivity index is 1.94. The molecule has 2 aromatic rings. The third-order valence-corrected chi connectivity index (χ3v) is 5.25. The molecule has 0 saturated carbocycles. The van der Waals surface area contributed by atoms with Crippen LogP contribution in [-0.2, 0) is 13.1 Å². The minimum atomic E-state index is 0.741. The molecule has 1 aromatic heterocycles. The zero-order chi connectivity index (χ0) is 14.5. The lowest BCUT2D eigenvalue weighted by molar-refractivity contribution is 0.354. The summed E-state index contributed by atoms with van der Waals surface area (Å²) < 4.78 is 12.2. The van der Waals surface area contributed by atoms with Crippen molar-refractivity contribution in [2.45, 2.75) is 13.1 Å². The molecule has 0 unspecified atom stereocenters. The fraction of sp³-hybridized carbons (Fsp3) is 0.286. The summed E-state index contributed by atoms with van der Waals surface area (Å²) in [6, 6.07) is 7.94. The molecule has 0 spiro atoms. The number of nitrogens with one attached hydrogen (secondary N) is 1. The largest absolute Gasteiger partial charge is 0.493 e. The molecule has 0 aliphatic heterocycles. The van der Waals surface area contributed by atoms with E-state index in [1.54, 1.807) is 25.6 Å². The fourth-order valence-electron chi connectivity index (χ4n) is 1.80. The van der Waals surface area contributed by atoms with Gasteiger partial charge in [-0.15, -0.1) is 11.3 Å². The first-order valence-corrected chi connectivity index (χ1v) is 7.98. The molecular formula is C14H15BrClNO2S. The number of benzene rings is 1. The van der Waals surface area contributed by atoms with Gasteiger partial charge in [-0.05, 0) is 39.7 Å². The zero-order valence-electron chi connectivity index (χ0n) is 11.2. The van der Waals surface area contributed by atoms with E-state index in [0.29, 0.717) is 0 Å². The summed E-state index contributed by atoms with van der Waals surface area (Å²) in [6.45, 7) is 1.54. The Morgan fingerprint density at radius 2 is 1.90 bits per heavy atom. The van der Waals surface area contributed by atoms with Crippen LogP contribution in [0, 0.1) is 0 Å². The van der Waals surface area contributed by atoms with Crippen molar-refractivity contribution in [3.05, 3.63) is 43.5 Å². The Labute approximate surface area is 136 Å². The summed E-state index contributed by atoms with van der Waals surface area (Å²) in [5.74, 6) is 1.49. The van der Waals surface area contributed by atoms with Gasteiger partial charge in [0.15, 0.2) is 11.5 Å². The molecular weight excluding hydrogens is 362 g/mol. The van der Waals surface area contributed by atoms with Crippen molar-refractivity contribution in [1.29, 1.82) is 0 Å². The zero-order valence-corrected chi connectivity index (χ0v) is 14.4. The van der Waals surface area contributed by atoms with Gasteiger partial charge in [0.2, 0.25) is 0 Å². The SMILES string of the molecule is COc1ccc(CNCc2cc(Br)c(Cl)s2)cc1OC. The van der Waals surface area contributed by atoms with Crippen molar-refractivity contribution >= 4 is 38.9 Å². The Kier molecular flexibility index (Phi) is 5.72. The third-order valence-electron chi connectivity index (χ3n) is 2.77. The highest BCUT2D eigenvalue weighted by atomic mass is 79.9. The van der Waals surface area contributed by atoms with E-state index in [0.717, 1.165) is 39.0 Å². The maximum atomic E-state index is 6.01. The molecule has 2 rings (SSSR count). The normalized spacial score (nSPS) is 10.6. The lowest BCUT2D eigenvalue weighted by atomic mass is 10.2. The number of hydrogen-bond donors (Lipinski definition) is 1. The summed E-state index contributed by atoms with van der Waals surface area (Å²) in [4.78, 5) is 1.20. The van der Waals surface area contributed by atoms with Gasteiger partial charge in [0.25, 0.3) is 0 Å².